The molecule has 0 saturated carbocycles. The lowest BCUT2D eigenvalue weighted by molar-refractivity contribution is -0.385. The Hall–Kier alpha value is -4.54. The van der Waals surface area contributed by atoms with E-state index in [0.717, 1.165) is 0 Å². The van der Waals surface area contributed by atoms with E-state index in [2.05, 4.69) is 10.5 Å². The van der Waals surface area contributed by atoms with Crippen molar-refractivity contribution in [1.29, 1.82) is 0 Å². The monoisotopic (exact) mass is 562 g/mol. The molecule has 4 rings (SSSR count). The first-order valence-corrected chi connectivity index (χ1v) is 13.5. The van der Waals surface area contributed by atoms with Crippen molar-refractivity contribution in [3.8, 4) is 0 Å². The minimum absolute atomic E-state index is 0.00383. The lowest BCUT2D eigenvalue weighted by atomic mass is 10.1. The second-order valence-electron chi connectivity index (χ2n) is 8.42. The third-order valence-electron chi connectivity index (χ3n) is 5.88. The molecule has 11 heteroatoms. The van der Waals surface area contributed by atoms with E-state index in [9.17, 15) is 23.3 Å². The van der Waals surface area contributed by atoms with E-state index in [0.29, 0.717) is 21.8 Å². The summed E-state index contributed by atoms with van der Waals surface area (Å²) in [6.07, 6.45) is 1.20. The van der Waals surface area contributed by atoms with Gasteiger partial charge in [0, 0.05) is 16.7 Å². The van der Waals surface area contributed by atoms with Gasteiger partial charge in [0.05, 0.1) is 33.8 Å². The summed E-state index contributed by atoms with van der Waals surface area (Å²) in [5, 5.41) is 15.4. The van der Waals surface area contributed by atoms with Gasteiger partial charge >= 0.3 is 0 Å². The number of halogens is 1. The van der Waals surface area contributed by atoms with Crippen molar-refractivity contribution in [2.45, 2.75) is 18.4 Å². The van der Waals surface area contributed by atoms with Crippen LogP contribution in [0.2, 0.25) is 5.02 Å². The number of hydrogen-bond acceptors (Lipinski definition) is 6. The summed E-state index contributed by atoms with van der Waals surface area (Å²) in [5.41, 5.74) is 4.42. The Balaban J connectivity index is 1.55. The first-order chi connectivity index (χ1) is 18.7. The molecule has 0 saturated heterocycles. The standard InChI is InChI=1S/C28H23ClN4O5S/c1-20-25(29)11-7-13-26(20)32(39(37,38)24-9-3-2-4-10-24)19-21-14-16-22(17-15-21)28(34)31-30-18-23-8-5-6-12-27(23)33(35)36/h2-18H,19H2,1H3,(H,31,34)/b30-18-. The van der Waals surface area contributed by atoms with Crippen molar-refractivity contribution in [3.05, 3.63) is 134 Å². The van der Waals surface area contributed by atoms with E-state index in [1.807, 2.05) is 0 Å². The van der Waals surface area contributed by atoms with Crippen LogP contribution in [0, 0.1) is 17.0 Å². The van der Waals surface area contributed by atoms with Gasteiger partial charge in [0.2, 0.25) is 0 Å². The molecule has 39 heavy (non-hydrogen) atoms. The van der Waals surface area contributed by atoms with Crippen molar-refractivity contribution in [2.75, 3.05) is 4.31 Å². The summed E-state index contributed by atoms with van der Waals surface area (Å²) < 4.78 is 28.6. The van der Waals surface area contributed by atoms with Crippen molar-refractivity contribution >= 4 is 45.1 Å². The highest BCUT2D eigenvalue weighted by molar-refractivity contribution is 7.92. The molecule has 4 aromatic rings. The summed E-state index contributed by atoms with van der Waals surface area (Å²) in [5.74, 6) is -0.532. The fourth-order valence-corrected chi connectivity index (χ4v) is 5.50. The summed E-state index contributed by atoms with van der Waals surface area (Å²) in [4.78, 5) is 23.3. The molecular weight excluding hydrogens is 540 g/mol. The summed E-state index contributed by atoms with van der Waals surface area (Å²) >= 11 is 6.31. The highest BCUT2D eigenvalue weighted by Gasteiger charge is 2.27. The minimum atomic E-state index is -3.94. The molecular formula is C28H23ClN4O5S. The average Bonchev–Trinajstić information content (AvgIpc) is 2.94. The Morgan fingerprint density at radius 2 is 1.64 bits per heavy atom. The summed E-state index contributed by atoms with van der Waals surface area (Å²) in [6, 6.07) is 25.6. The molecule has 198 valence electrons. The van der Waals surface area contributed by atoms with Crippen molar-refractivity contribution in [3.63, 3.8) is 0 Å². The van der Waals surface area contributed by atoms with Crippen LogP contribution in [0.4, 0.5) is 11.4 Å². The molecule has 0 heterocycles. The second-order valence-corrected chi connectivity index (χ2v) is 10.7. The fourth-order valence-electron chi connectivity index (χ4n) is 3.80. The van der Waals surface area contributed by atoms with Gasteiger partial charge in [-0.1, -0.05) is 60.1 Å². The van der Waals surface area contributed by atoms with Gasteiger partial charge in [-0.3, -0.25) is 19.2 Å². The smallest absolute Gasteiger partial charge is 0.267 e. The van der Waals surface area contributed by atoms with Gasteiger partial charge in [0.25, 0.3) is 21.6 Å². The molecule has 0 aliphatic rings. The largest absolute Gasteiger partial charge is 0.278 e. The third-order valence-corrected chi connectivity index (χ3v) is 8.07. The number of anilines is 1. The van der Waals surface area contributed by atoms with Gasteiger partial charge in [0.15, 0.2) is 0 Å². The van der Waals surface area contributed by atoms with Gasteiger partial charge in [0.1, 0.15) is 0 Å². The van der Waals surface area contributed by atoms with Crippen LogP contribution < -0.4 is 9.73 Å². The minimum Gasteiger partial charge on any atom is -0.267 e. The molecule has 9 nitrogen and oxygen atoms in total. The number of benzene rings is 4. The van der Waals surface area contributed by atoms with Crippen LogP contribution in [-0.4, -0.2) is 25.5 Å². The quantitative estimate of drug-likeness (QED) is 0.159. The van der Waals surface area contributed by atoms with Crippen LogP contribution in [0.3, 0.4) is 0 Å². The lowest BCUT2D eigenvalue weighted by Gasteiger charge is -2.26. The predicted octanol–water partition coefficient (Wildman–Crippen LogP) is 5.72. The maximum Gasteiger partial charge on any atom is 0.278 e. The normalized spacial score (nSPS) is 11.3. The predicted molar refractivity (Wildman–Crippen MR) is 151 cm³/mol. The number of para-hydroxylation sites is 1. The zero-order valence-electron chi connectivity index (χ0n) is 20.7. The summed E-state index contributed by atoms with van der Waals surface area (Å²) in [6.45, 7) is 1.75. The van der Waals surface area contributed by atoms with Gasteiger partial charge in [-0.05, 0) is 60.5 Å². The second kappa shape index (κ2) is 11.9. The van der Waals surface area contributed by atoms with Gasteiger partial charge in [-0.2, -0.15) is 5.10 Å². The molecule has 0 bridgehead atoms. The highest BCUT2D eigenvalue weighted by atomic mass is 35.5. The maximum absolute atomic E-state index is 13.6. The number of hydrazone groups is 1. The zero-order valence-corrected chi connectivity index (χ0v) is 22.3. The number of hydrogen-bond donors (Lipinski definition) is 1. The van der Waals surface area contributed by atoms with Gasteiger partial charge in [-0.15, -0.1) is 0 Å². The molecule has 0 unspecified atom stereocenters. The SMILES string of the molecule is Cc1c(Cl)cccc1N(Cc1ccc(C(=O)N/N=C\c2ccccc2[N+](=O)[O-])cc1)S(=O)(=O)c1ccccc1. The Bertz CT molecular complexity index is 1640. The number of sulfonamides is 1. The number of nitrogens with one attached hydrogen (secondary N) is 1. The number of nitro benzene ring substituents is 1. The molecule has 0 atom stereocenters. The van der Waals surface area contributed by atoms with E-state index in [-0.39, 0.29) is 28.3 Å². The first-order valence-electron chi connectivity index (χ1n) is 11.7. The Labute approximate surface area is 230 Å². The lowest BCUT2D eigenvalue weighted by Crippen LogP contribution is -2.31. The molecule has 1 amide bonds. The van der Waals surface area contributed by atoms with Crippen molar-refractivity contribution in [1.82, 2.24) is 5.43 Å². The van der Waals surface area contributed by atoms with Gasteiger partial charge < -0.3 is 0 Å². The van der Waals surface area contributed by atoms with E-state index in [1.165, 1.54) is 40.9 Å². The number of carbonyl (C=O) groups excluding carboxylic acids is 1. The Kier molecular flexibility index (Phi) is 8.38. The van der Waals surface area contributed by atoms with Crippen molar-refractivity contribution in [2.24, 2.45) is 5.10 Å². The highest BCUT2D eigenvalue weighted by Crippen LogP contribution is 2.32. The van der Waals surface area contributed by atoms with Crippen LogP contribution in [0.25, 0.3) is 0 Å². The zero-order chi connectivity index (χ0) is 28.0. The maximum atomic E-state index is 13.6. The molecule has 1 N–H and O–H groups in total. The summed E-state index contributed by atoms with van der Waals surface area (Å²) in [7, 11) is -3.94. The average molecular weight is 563 g/mol. The first kappa shape index (κ1) is 27.5. The molecule has 0 radical (unpaired) electrons. The third kappa shape index (κ3) is 6.31. The van der Waals surface area contributed by atoms with Crippen LogP contribution in [0.1, 0.15) is 27.0 Å². The number of rotatable bonds is 9. The number of nitro groups is 1. The van der Waals surface area contributed by atoms with E-state index >= 15 is 0 Å². The van der Waals surface area contributed by atoms with E-state index in [4.69, 9.17) is 11.6 Å². The molecule has 0 spiro atoms. The molecule has 0 aliphatic carbocycles. The topological polar surface area (TPSA) is 122 Å². The molecule has 0 aliphatic heterocycles. The van der Waals surface area contributed by atoms with E-state index in [1.54, 1.807) is 73.7 Å². The number of nitrogens with zero attached hydrogens (tertiary/aromatic N) is 3. The van der Waals surface area contributed by atoms with Crippen LogP contribution in [0.5, 0.6) is 0 Å². The Morgan fingerprint density at radius 1 is 0.974 bits per heavy atom. The molecule has 4 aromatic carbocycles. The fraction of sp³-hybridized carbons (Fsp3) is 0.0714. The van der Waals surface area contributed by atoms with Gasteiger partial charge in [-0.25, -0.2) is 13.8 Å². The Morgan fingerprint density at radius 3 is 2.33 bits per heavy atom. The van der Waals surface area contributed by atoms with E-state index < -0.39 is 20.9 Å². The number of carbonyl (C=O) groups is 1. The molecule has 0 fully saturated rings. The molecule has 0 aromatic heterocycles. The van der Waals surface area contributed by atoms with Crippen LogP contribution in [-0.2, 0) is 16.6 Å². The van der Waals surface area contributed by atoms with Crippen LogP contribution >= 0.6 is 11.6 Å². The van der Waals surface area contributed by atoms with Crippen LogP contribution in [0.15, 0.2) is 107 Å². The van der Waals surface area contributed by atoms with Crippen molar-refractivity contribution < 1.29 is 18.1 Å². The number of amides is 1.